The van der Waals surface area contributed by atoms with E-state index in [-0.39, 0.29) is 0 Å². The fourth-order valence-corrected chi connectivity index (χ4v) is 2.70. The number of nitrogens with zero attached hydrogens (tertiary/aromatic N) is 2. The molecule has 1 aliphatic rings. The minimum atomic E-state index is 0.483. The van der Waals surface area contributed by atoms with Gasteiger partial charge in [-0.1, -0.05) is 6.92 Å². The first-order valence-corrected chi connectivity index (χ1v) is 7.02. The van der Waals surface area contributed by atoms with Gasteiger partial charge >= 0.3 is 0 Å². The van der Waals surface area contributed by atoms with Gasteiger partial charge in [0.2, 0.25) is 0 Å². The van der Waals surface area contributed by atoms with Gasteiger partial charge in [-0.2, -0.15) is 0 Å². The average Bonchev–Trinajstić information content (AvgIpc) is 3.03. The van der Waals surface area contributed by atoms with E-state index in [4.69, 9.17) is 4.42 Å². The molecule has 0 saturated carbocycles. The van der Waals surface area contributed by atoms with Crippen LogP contribution in [0.5, 0.6) is 0 Å². The fraction of sp³-hybridized carbons (Fsp3) is 0.533. The number of nitrogens with one attached hydrogen (secondary N) is 1. The predicted octanol–water partition coefficient (Wildman–Crippen LogP) is 2.86. The van der Waals surface area contributed by atoms with E-state index in [0.717, 1.165) is 44.0 Å². The zero-order valence-corrected chi connectivity index (χ0v) is 11.6. The molecule has 0 saturated heterocycles. The number of imidazole rings is 1. The van der Waals surface area contributed by atoms with E-state index < -0.39 is 0 Å². The molecule has 0 spiro atoms. The number of hydrogen-bond acceptors (Lipinski definition) is 3. The lowest BCUT2D eigenvalue weighted by Crippen LogP contribution is -2.32. The van der Waals surface area contributed by atoms with Gasteiger partial charge in [0.05, 0.1) is 17.7 Å². The first-order chi connectivity index (χ1) is 9.22. The third-order valence-corrected chi connectivity index (χ3v) is 3.98. The normalized spacial score (nSPS) is 17.4. The minimum Gasteiger partial charge on any atom is -0.466 e. The molecule has 2 aromatic rings. The topological polar surface area (TPSA) is 45.1 Å². The number of aryl methyl sites for hydroxylation is 1. The molecule has 0 bridgehead atoms. The molecule has 0 fully saturated rings. The summed E-state index contributed by atoms with van der Waals surface area (Å²) >= 11 is 0. The molecule has 1 aliphatic heterocycles. The van der Waals surface area contributed by atoms with E-state index in [1.807, 2.05) is 19.3 Å². The largest absolute Gasteiger partial charge is 0.466 e. The van der Waals surface area contributed by atoms with Crippen molar-refractivity contribution in [1.82, 2.24) is 14.9 Å². The highest BCUT2D eigenvalue weighted by atomic mass is 16.3. The van der Waals surface area contributed by atoms with Crippen molar-refractivity contribution < 1.29 is 4.42 Å². The van der Waals surface area contributed by atoms with E-state index in [0.29, 0.717) is 5.92 Å². The molecule has 1 atom stereocenters. The molecule has 3 rings (SSSR count). The summed E-state index contributed by atoms with van der Waals surface area (Å²) in [5, 5.41) is 0. The second kappa shape index (κ2) is 5.21. The van der Waals surface area contributed by atoms with E-state index in [2.05, 4.69) is 27.9 Å². The van der Waals surface area contributed by atoms with Crippen molar-refractivity contribution in [2.75, 3.05) is 13.1 Å². The molecule has 0 radical (unpaired) electrons. The number of fused-ring (bicyclic) bond motifs is 1. The maximum Gasteiger partial charge on any atom is 0.107 e. The van der Waals surface area contributed by atoms with Crippen LogP contribution in [-0.4, -0.2) is 28.0 Å². The number of aromatic amines is 1. The summed E-state index contributed by atoms with van der Waals surface area (Å²) in [5.41, 5.74) is 2.53. The van der Waals surface area contributed by atoms with Gasteiger partial charge in [-0.15, -0.1) is 0 Å². The quantitative estimate of drug-likeness (QED) is 0.918. The summed E-state index contributed by atoms with van der Waals surface area (Å²) in [5.74, 6) is 2.59. The van der Waals surface area contributed by atoms with Gasteiger partial charge in [0.25, 0.3) is 0 Å². The average molecular weight is 259 g/mol. The SMILES string of the molecule is Cc1ccc([C@H](C)CCN2CCc3nc[nH]c3C2)o1. The van der Waals surface area contributed by atoms with Crippen LogP contribution in [0.1, 0.15) is 42.2 Å². The molecular formula is C15H21N3O. The van der Waals surface area contributed by atoms with Gasteiger partial charge in [0, 0.05) is 25.4 Å². The molecule has 3 heterocycles. The van der Waals surface area contributed by atoms with Crippen molar-refractivity contribution in [3.8, 4) is 0 Å². The van der Waals surface area contributed by atoms with Gasteiger partial charge < -0.3 is 9.40 Å². The predicted molar refractivity (Wildman–Crippen MR) is 74.0 cm³/mol. The van der Waals surface area contributed by atoms with E-state index in [1.54, 1.807) is 0 Å². The van der Waals surface area contributed by atoms with Gasteiger partial charge in [0.15, 0.2) is 0 Å². The summed E-state index contributed by atoms with van der Waals surface area (Å²) in [4.78, 5) is 10.1. The lowest BCUT2D eigenvalue weighted by Gasteiger charge is -2.26. The van der Waals surface area contributed by atoms with Crippen molar-refractivity contribution in [2.45, 2.75) is 39.2 Å². The molecule has 19 heavy (non-hydrogen) atoms. The monoisotopic (exact) mass is 259 g/mol. The molecule has 1 N–H and O–H groups in total. The molecule has 4 nitrogen and oxygen atoms in total. The summed E-state index contributed by atoms with van der Waals surface area (Å²) in [7, 11) is 0. The van der Waals surface area contributed by atoms with Gasteiger partial charge in [0.1, 0.15) is 11.5 Å². The van der Waals surface area contributed by atoms with E-state index in [1.165, 1.54) is 11.4 Å². The first kappa shape index (κ1) is 12.5. The van der Waals surface area contributed by atoms with Crippen molar-refractivity contribution in [3.05, 3.63) is 41.4 Å². The standard InChI is InChI=1S/C15H21N3O/c1-11(15-4-3-12(2)19-15)5-7-18-8-6-13-14(9-18)17-10-16-13/h3-4,10-11H,5-9H2,1-2H3,(H,16,17)/t11-/m1/s1. The number of furan rings is 1. The third-order valence-electron chi connectivity index (χ3n) is 3.98. The van der Waals surface area contributed by atoms with Gasteiger partial charge in [-0.3, -0.25) is 4.90 Å². The zero-order chi connectivity index (χ0) is 13.2. The molecule has 102 valence electrons. The summed E-state index contributed by atoms with van der Waals surface area (Å²) in [6.45, 7) is 7.46. The molecule has 2 aromatic heterocycles. The molecule has 0 amide bonds. The lowest BCUT2D eigenvalue weighted by molar-refractivity contribution is 0.238. The Hall–Kier alpha value is -1.55. The Morgan fingerprint density at radius 1 is 1.47 bits per heavy atom. The second-order valence-electron chi connectivity index (χ2n) is 5.49. The summed E-state index contributed by atoms with van der Waals surface area (Å²) in [6, 6.07) is 4.15. The van der Waals surface area contributed by atoms with Crippen LogP contribution in [0.25, 0.3) is 0 Å². The maximum atomic E-state index is 5.69. The third kappa shape index (κ3) is 2.73. The van der Waals surface area contributed by atoms with Crippen LogP contribution in [0.15, 0.2) is 22.9 Å². The Bertz CT molecular complexity index is 543. The Balaban J connectivity index is 1.53. The van der Waals surface area contributed by atoms with E-state index >= 15 is 0 Å². The van der Waals surface area contributed by atoms with Gasteiger partial charge in [-0.05, 0) is 32.0 Å². The zero-order valence-electron chi connectivity index (χ0n) is 11.6. The highest BCUT2D eigenvalue weighted by Gasteiger charge is 2.19. The van der Waals surface area contributed by atoms with Crippen LogP contribution in [0.3, 0.4) is 0 Å². The molecule has 0 unspecified atom stereocenters. The van der Waals surface area contributed by atoms with Gasteiger partial charge in [-0.25, -0.2) is 4.98 Å². The maximum absolute atomic E-state index is 5.69. The Labute approximate surface area is 113 Å². The van der Waals surface area contributed by atoms with Crippen LogP contribution >= 0.6 is 0 Å². The Morgan fingerprint density at radius 3 is 3.16 bits per heavy atom. The summed E-state index contributed by atoms with van der Waals surface area (Å²) in [6.07, 6.45) is 4.01. The highest BCUT2D eigenvalue weighted by molar-refractivity contribution is 5.14. The molecule has 0 aliphatic carbocycles. The van der Waals surface area contributed by atoms with Crippen LogP contribution in [0.2, 0.25) is 0 Å². The number of aromatic nitrogens is 2. The van der Waals surface area contributed by atoms with Crippen LogP contribution < -0.4 is 0 Å². The fourth-order valence-electron chi connectivity index (χ4n) is 2.70. The second-order valence-corrected chi connectivity index (χ2v) is 5.49. The minimum absolute atomic E-state index is 0.483. The first-order valence-electron chi connectivity index (χ1n) is 7.02. The van der Waals surface area contributed by atoms with Crippen LogP contribution in [-0.2, 0) is 13.0 Å². The van der Waals surface area contributed by atoms with Crippen molar-refractivity contribution >= 4 is 0 Å². The van der Waals surface area contributed by atoms with E-state index in [9.17, 15) is 0 Å². The number of rotatable bonds is 4. The highest BCUT2D eigenvalue weighted by Crippen LogP contribution is 2.23. The van der Waals surface area contributed by atoms with Crippen LogP contribution in [0, 0.1) is 6.92 Å². The number of H-pyrrole nitrogens is 1. The van der Waals surface area contributed by atoms with Crippen molar-refractivity contribution in [3.63, 3.8) is 0 Å². The molecule has 4 heteroatoms. The Morgan fingerprint density at radius 2 is 2.37 bits per heavy atom. The van der Waals surface area contributed by atoms with Crippen LogP contribution in [0.4, 0.5) is 0 Å². The summed E-state index contributed by atoms with van der Waals surface area (Å²) < 4.78 is 5.69. The van der Waals surface area contributed by atoms with Crippen molar-refractivity contribution in [1.29, 1.82) is 0 Å². The molecule has 0 aromatic carbocycles. The lowest BCUT2D eigenvalue weighted by atomic mass is 10.0. The van der Waals surface area contributed by atoms with Crippen molar-refractivity contribution in [2.24, 2.45) is 0 Å². The smallest absolute Gasteiger partial charge is 0.107 e. The number of hydrogen-bond donors (Lipinski definition) is 1. The molecular weight excluding hydrogens is 238 g/mol. The Kier molecular flexibility index (Phi) is 3.42.